The van der Waals surface area contributed by atoms with Crippen molar-refractivity contribution in [2.45, 2.75) is 12.8 Å². The van der Waals surface area contributed by atoms with E-state index in [1.165, 1.54) is 18.2 Å². The van der Waals surface area contributed by atoms with E-state index in [2.05, 4.69) is 20.4 Å². The molecule has 0 atom stereocenters. The summed E-state index contributed by atoms with van der Waals surface area (Å²) in [5.74, 6) is -0.883. The maximum atomic E-state index is 12.9. The van der Waals surface area contributed by atoms with Gasteiger partial charge in [0.2, 0.25) is 5.91 Å². The second-order valence-corrected chi connectivity index (χ2v) is 7.19. The summed E-state index contributed by atoms with van der Waals surface area (Å²) in [7, 11) is 0. The topological polar surface area (TPSA) is 147 Å². The van der Waals surface area contributed by atoms with E-state index in [1.54, 1.807) is 6.07 Å². The second kappa shape index (κ2) is 7.82. The minimum absolute atomic E-state index is 0.0796. The van der Waals surface area contributed by atoms with Crippen molar-refractivity contribution in [2.24, 2.45) is 11.7 Å². The van der Waals surface area contributed by atoms with Crippen molar-refractivity contribution < 1.29 is 14.5 Å². The Labute approximate surface area is 171 Å². The third-order valence-electron chi connectivity index (χ3n) is 5.36. The van der Waals surface area contributed by atoms with Crippen molar-refractivity contribution in [1.29, 1.82) is 0 Å². The number of fused-ring (bicyclic) bond motifs is 1. The van der Waals surface area contributed by atoms with Gasteiger partial charge in [0.1, 0.15) is 0 Å². The van der Waals surface area contributed by atoms with E-state index >= 15 is 0 Å². The summed E-state index contributed by atoms with van der Waals surface area (Å²) in [5.41, 5.74) is 7.34. The van der Waals surface area contributed by atoms with Gasteiger partial charge in [0.25, 0.3) is 11.6 Å². The van der Waals surface area contributed by atoms with Gasteiger partial charge in [-0.3, -0.25) is 24.8 Å². The number of non-ortho nitro benzene ring substituents is 1. The van der Waals surface area contributed by atoms with Gasteiger partial charge in [-0.2, -0.15) is 5.10 Å². The standard InChI is InChI=1S/C20H20N6O4/c21-19(27)12-7-9-25(10-8-12)17-4-2-1-3-16(17)22-20(28)18-14-11-13(26(29)30)5-6-15(14)23-24-18/h1-6,11-12H,7-10H2,(H2,21,27)(H,22,28)(H,23,24). The normalized spacial score (nSPS) is 14.6. The van der Waals surface area contributed by atoms with Crippen molar-refractivity contribution in [3.63, 3.8) is 0 Å². The fourth-order valence-electron chi connectivity index (χ4n) is 3.73. The zero-order valence-electron chi connectivity index (χ0n) is 16.0. The largest absolute Gasteiger partial charge is 0.370 e. The van der Waals surface area contributed by atoms with Crippen molar-refractivity contribution in [3.8, 4) is 0 Å². The number of nitrogens with one attached hydrogen (secondary N) is 2. The van der Waals surface area contributed by atoms with Gasteiger partial charge in [0, 0.05) is 36.5 Å². The Morgan fingerprint density at radius 1 is 1.20 bits per heavy atom. The first kappa shape index (κ1) is 19.4. The fraction of sp³-hybridized carbons (Fsp3) is 0.250. The van der Waals surface area contributed by atoms with Crippen LogP contribution in [0.3, 0.4) is 0 Å². The molecule has 2 aromatic carbocycles. The minimum atomic E-state index is -0.515. The Morgan fingerprint density at radius 3 is 2.63 bits per heavy atom. The molecule has 4 rings (SSSR count). The highest BCUT2D eigenvalue weighted by Crippen LogP contribution is 2.31. The lowest BCUT2D eigenvalue weighted by Gasteiger charge is -2.33. The third kappa shape index (κ3) is 3.66. The monoisotopic (exact) mass is 408 g/mol. The van der Waals surface area contributed by atoms with Crippen LogP contribution < -0.4 is 16.0 Å². The Kier molecular flexibility index (Phi) is 5.05. The number of primary amides is 1. The summed E-state index contributed by atoms with van der Waals surface area (Å²) in [6.07, 6.45) is 1.32. The number of aromatic nitrogens is 2. The van der Waals surface area contributed by atoms with Crippen LogP contribution in [0.2, 0.25) is 0 Å². The molecule has 2 heterocycles. The molecule has 3 aromatic rings. The molecule has 0 unspecified atom stereocenters. The summed E-state index contributed by atoms with van der Waals surface area (Å²) in [6, 6.07) is 11.6. The van der Waals surface area contributed by atoms with Gasteiger partial charge >= 0.3 is 0 Å². The quantitative estimate of drug-likeness (QED) is 0.436. The van der Waals surface area contributed by atoms with Crippen molar-refractivity contribution >= 4 is 39.8 Å². The molecule has 1 aromatic heterocycles. The molecular formula is C20H20N6O4. The lowest BCUT2D eigenvalue weighted by atomic mass is 9.96. The first-order valence-electron chi connectivity index (χ1n) is 9.51. The summed E-state index contributed by atoms with van der Waals surface area (Å²) in [6.45, 7) is 1.30. The van der Waals surface area contributed by atoms with Gasteiger partial charge in [-0.25, -0.2) is 0 Å². The van der Waals surface area contributed by atoms with Gasteiger partial charge in [0.05, 0.1) is 21.8 Å². The molecule has 0 aliphatic carbocycles. The van der Waals surface area contributed by atoms with E-state index < -0.39 is 10.8 Å². The Bertz CT molecular complexity index is 1130. The maximum Gasteiger partial charge on any atom is 0.276 e. The van der Waals surface area contributed by atoms with Crippen LogP contribution in [0.5, 0.6) is 0 Å². The summed E-state index contributed by atoms with van der Waals surface area (Å²) in [4.78, 5) is 37.0. The van der Waals surface area contributed by atoms with Gasteiger partial charge in [-0.15, -0.1) is 0 Å². The summed E-state index contributed by atoms with van der Waals surface area (Å²) in [5, 5.41) is 21.1. The average Bonchev–Trinajstić information content (AvgIpc) is 3.17. The number of carbonyl (C=O) groups excluding carboxylic acids is 2. The number of nitrogens with zero attached hydrogens (tertiary/aromatic N) is 3. The molecule has 1 aliphatic rings. The van der Waals surface area contributed by atoms with Gasteiger partial charge in [-0.1, -0.05) is 12.1 Å². The van der Waals surface area contributed by atoms with Crippen LogP contribution >= 0.6 is 0 Å². The molecule has 2 amide bonds. The van der Waals surface area contributed by atoms with E-state index in [0.29, 0.717) is 42.5 Å². The SMILES string of the molecule is NC(=O)C1CCN(c2ccccc2NC(=O)c2n[nH]c3ccc([N+](=O)[O-])cc23)CC1. The van der Waals surface area contributed by atoms with Gasteiger partial charge in [-0.05, 0) is 31.0 Å². The van der Waals surface area contributed by atoms with Crippen LogP contribution in [0, 0.1) is 16.0 Å². The molecule has 0 spiro atoms. The molecule has 0 radical (unpaired) electrons. The molecule has 154 valence electrons. The average molecular weight is 408 g/mol. The van der Waals surface area contributed by atoms with Crippen molar-refractivity contribution in [3.05, 3.63) is 58.3 Å². The van der Waals surface area contributed by atoms with Crippen molar-refractivity contribution in [2.75, 3.05) is 23.3 Å². The number of rotatable bonds is 5. The zero-order chi connectivity index (χ0) is 21.3. The molecule has 4 N–H and O–H groups in total. The molecular weight excluding hydrogens is 388 g/mol. The predicted octanol–water partition coefficient (Wildman–Crippen LogP) is 2.43. The number of carbonyl (C=O) groups is 2. The number of nitrogens with two attached hydrogens (primary N) is 1. The minimum Gasteiger partial charge on any atom is -0.370 e. The second-order valence-electron chi connectivity index (χ2n) is 7.19. The van der Waals surface area contributed by atoms with Crippen LogP contribution in [-0.2, 0) is 4.79 Å². The summed E-state index contributed by atoms with van der Waals surface area (Å²) < 4.78 is 0. The Morgan fingerprint density at radius 2 is 1.93 bits per heavy atom. The molecule has 0 saturated carbocycles. The number of amides is 2. The number of benzene rings is 2. The maximum absolute atomic E-state index is 12.9. The fourth-order valence-corrected chi connectivity index (χ4v) is 3.73. The first-order chi connectivity index (χ1) is 14.4. The number of nitro benzene ring substituents is 1. The number of anilines is 2. The van der Waals surface area contributed by atoms with E-state index in [0.717, 1.165) is 5.69 Å². The van der Waals surface area contributed by atoms with E-state index in [1.807, 2.05) is 18.2 Å². The molecule has 1 saturated heterocycles. The van der Waals surface area contributed by atoms with Crippen molar-refractivity contribution in [1.82, 2.24) is 10.2 Å². The first-order valence-corrected chi connectivity index (χ1v) is 9.51. The van der Waals surface area contributed by atoms with E-state index in [9.17, 15) is 19.7 Å². The van der Waals surface area contributed by atoms with Gasteiger partial charge in [0.15, 0.2) is 5.69 Å². The zero-order valence-corrected chi connectivity index (χ0v) is 16.0. The summed E-state index contributed by atoms with van der Waals surface area (Å²) >= 11 is 0. The number of para-hydroxylation sites is 2. The number of aromatic amines is 1. The molecule has 30 heavy (non-hydrogen) atoms. The lowest BCUT2D eigenvalue weighted by molar-refractivity contribution is -0.384. The third-order valence-corrected chi connectivity index (χ3v) is 5.36. The molecule has 10 heteroatoms. The number of nitro groups is 1. The number of hydrogen-bond acceptors (Lipinski definition) is 6. The molecule has 1 aliphatic heterocycles. The predicted molar refractivity (Wildman–Crippen MR) is 111 cm³/mol. The lowest BCUT2D eigenvalue weighted by Crippen LogP contribution is -2.38. The van der Waals surface area contributed by atoms with E-state index in [4.69, 9.17) is 5.73 Å². The molecule has 0 bridgehead atoms. The Balaban J connectivity index is 1.58. The van der Waals surface area contributed by atoms with Gasteiger partial charge < -0.3 is 16.0 Å². The van der Waals surface area contributed by atoms with Crippen LogP contribution in [0.15, 0.2) is 42.5 Å². The molecule has 1 fully saturated rings. The smallest absolute Gasteiger partial charge is 0.276 e. The van der Waals surface area contributed by atoms with Crippen LogP contribution in [0.1, 0.15) is 23.3 Å². The highest BCUT2D eigenvalue weighted by molar-refractivity contribution is 6.12. The van der Waals surface area contributed by atoms with Crippen LogP contribution in [-0.4, -0.2) is 40.0 Å². The highest BCUT2D eigenvalue weighted by atomic mass is 16.6. The van der Waals surface area contributed by atoms with Crippen LogP contribution in [0.25, 0.3) is 10.9 Å². The number of piperidine rings is 1. The highest BCUT2D eigenvalue weighted by Gasteiger charge is 2.25. The number of hydrogen-bond donors (Lipinski definition) is 3. The number of H-pyrrole nitrogens is 1. The molecule has 10 nitrogen and oxygen atoms in total. The van der Waals surface area contributed by atoms with E-state index in [-0.39, 0.29) is 23.2 Å². The Hall–Kier alpha value is -3.95. The van der Waals surface area contributed by atoms with Crippen LogP contribution in [0.4, 0.5) is 17.1 Å².